The zero-order valence-corrected chi connectivity index (χ0v) is 16.0. The second-order valence-electron chi connectivity index (χ2n) is 6.84. The van der Waals surface area contributed by atoms with E-state index in [4.69, 9.17) is 11.6 Å². The highest BCUT2D eigenvalue weighted by atomic mass is 35.5. The molecule has 26 heavy (non-hydrogen) atoms. The van der Waals surface area contributed by atoms with Gasteiger partial charge in [-0.2, -0.15) is 0 Å². The summed E-state index contributed by atoms with van der Waals surface area (Å²) < 4.78 is 1.52. The molecule has 1 fully saturated rings. The van der Waals surface area contributed by atoms with E-state index >= 15 is 0 Å². The second-order valence-corrected chi connectivity index (χ2v) is 7.25. The fourth-order valence-electron chi connectivity index (χ4n) is 3.35. The maximum Gasteiger partial charge on any atom is 0.273 e. The van der Waals surface area contributed by atoms with Crippen molar-refractivity contribution in [2.24, 2.45) is 0 Å². The third kappa shape index (κ3) is 4.83. The van der Waals surface area contributed by atoms with Crippen LogP contribution in [0, 0.1) is 0 Å². The van der Waals surface area contributed by atoms with Crippen LogP contribution in [-0.2, 0) is 0 Å². The Balaban J connectivity index is 1.42. The van der Waals surface area contributed by atoms with Crippen molar-refractivity contribution >= 4 is 17.5 Å². The summed E-state index contributed by atoms with van der Waals surface area (Å²) in [5, 5.41) is 11.4. The number of likely N-dealkylation sites (tertiary alicyclic amines) is 1. The van der Waals surface area contributed by atoms with E-state index in [1.54, 1.807) is 12.3 Å². The fourth-order valence-corrected chi connectivity index (χ4v) is 3.57. The number of halogens is 1. The van der Waals surface area contributed by atoms with Gasteiger partial charge in [0.05, 0.1) is 16.9 Å². The van der Waals surface area contributed by atoms with Gasteiger partial charge in [-0.25, -0.2) is 4.68 Å². The molecule has 1 N–H and O–H groups in total. The number of rotatable bonds is 7. The molecule has 1 saturated heterocycles. The van der Waals surface area contributed by atoms with Gasteiger partial charge in [0.2, 0.25) is 0 Å². The van der Waals surface area contributed by atoms with Gasteiger partial charge < -0.3 is 10.2 Å². The first-order chi connectivity index (χ1) is 12.6. The Morgan fingerprint density at radius 1 is 1.31 bits per heavy atom. The number of hydrogen-bond acceptors (Lipinski definition) is 4. The van der Waals surface area contributed by atoms with Crippen molar-refractivity contribution in [1.29, 1.82) is 0 Å². The lowest BCUT2D eigenvalue weighted by molar-refractivity contribution is 0.0946. The maximum atomic E-state index is 12.2. The minimum atomic E-state index is -0.199. The summed E-state index contributed by atoms with van der Waals surface area (Å²) in [6.45, 7) is 5.28. The summed E-state index contributed by atoms with van der Waals surface area (Å²) in [7, 11) is 0. The Bertz CT molecular complexity index is 732. The van der Waals surface area contributed by atoms with Crippen molar-refractivity contribution in [2.45, 2.75) is 45.1 Å². The van der Waals surface area contributed by atoms with Crippen molar-refractivity contribution in [3.63, 3.8) is 0 Å². The predicted octanol–water partition coefficient (Wildman–Crippen LogP) is 3.31. The highest BCUT2D eigenvalue weighted by Crippen LogP contribution is 2.19. The predicted molar refractivity (Wildman–Crippen MR) is 103 cm³/mol. The lowest BCUT2D eigenvalue weighted by Crippen LogP contribution is -2.38. The Hall–Kier alpha value is -1.92. The standard InChI is InChI=1S/C19H26ClN5O/c1-15-8-4-6-12-24(15)13-7-5-11-21-19(26)17-14-25(23-22-17)18-10-3-2-9-16(18)20/h2-3,9-10,14-15H,4-8,11-13H2,1H3,(H,21,26). The van der Waals surface area contributed by atoms with E-state index in [1.807, 2.05) is 18.2 Å². The number of carbonyl (C=O) groups is 1. The van der Waals surface area contributed by atoms with Crippen LogP contribution >= 0.6 is 11.6 Å². The monoisotopic (exact) mass is 375 g/mol. The molecule has 140 valence electrons. The number of benzene rings is 1. The Morgan fingerprint density at radius 3 is 2.96 bits per heavy atom. The van der Waals surface area contributed by atoms with Gasteiger partial charge in [0.15, 0.2) is 5.69 Å². The zero-order valence-electron chi connectivity index (χ0n) is 15.2. The lowest BCUT2D eigenvalue weighted by atomic mass is 10.0. The number of hydrogen-bond donors (Lipinski definition) is 1. The number of para-hydroxylation sites is 1. The zero-order chi connectivity index (χ0) is 18.4. The molecule has 0 radical (unpaired) electrons. The van der Waals surface area contributed by atoms with E-state index in [-0.39, 0.29) is 5.91 Å². The summed E-state index contributed by atoms with van der Waals surface area (Å²) >= 11 is 6.15. The molecule has 1 aliphatic heterocycles. The molecular weight excluding hydrogens is 350 g/mol. The molecule has 6 nitrogen and oxygen atoms in total. The molecule has 2 aromatic rings. The summed E-state index contributed by atoms with van der Waals surface area (Å²) in [4.78, 5) is 14.8. The Kier molecular flexibility index (Phi) is 6.63. The average Bonchev–Trinajstić information content (AvgIpc) is 3.13. The minimum Gasteiger partial charge on any atom is -0.351 e. The van der Waals surface area contributed by atoms with Gasteiger partial charge in [0.1, 0.15) is 0 Å². The van der Waals surface area contributed by atoms with Crippen LogP contribution in [0.4, 0.5) is 0 Å². The van der Waals surface area contributed by atoms with Gasteiger partial charge in [-0.1, -0.05) is 35.4 Å². The van der Waals surface area contributed by atoms with Gasteiger partial charge in [-0.05, 0) is 57.8 Å². The van der Waals surface area contributed by atoms with Crippen molar-refractivity contribution in [2.75, 3.05) is 19.6 Å². The Labute approximate surface area is 159 Å². The number of carbonyl (C=O) groups excluding carboxylic acids is 1. The Morgan fingerprint density at radius 2 is 2.15 bits per heavy atom. The molecule has 0 bridgehead atoms. The number of piperidine rings is 1. The molecule has 7 heteroatoms. The van der Waals surface area contributed by atoms with Crippen molar-refractivity contribution in [1.82, 2.24) is 25.2 Å². The number of unbranched alkanes of at least 4 members (excludes halogenated alkanes) is 1. The van der Waals surface area contributed by atoms with Crippen LogP contribution < -0.4 is 5.32 Å². The van der Waals surface area contributed by atoms with Crippen LogP contribution in [0.1, 0.15) is 49.5 Å². The van der Waals surface area contributed by atoms with Crippen molar-refractivity contribution in [3.8, 4) is 5.69 Å². The lowest BCUT2D eigenvalue weighted by Gasteiger charge is -2.33. The number of nitrogens with zero attached hydrogens (tertiary/aromatic N) is 4. The normalized spacial score (nSPS) is 18.0. The first-order valence-corrected chi connectivity index (χ1v) is 9.72. The van der Waals surface area contributed by atoms with Crippen molar-refractivity contribution in [3.05, 3.63) is 41.2 Å². The molecule has 3 rings (SSSR count). The molecule has 1 aromatic carbocycles. The molecule has 0 saturated carbocycles. The van der Waals surface area contributed by atoms with Crippen LogP contribution in [-0.4, -0.2) is 51.5 Å². The SMILES string of the molecule is CC1CCCCN1CCCCNC(=O)c1cn(-c2ccccc2Cl)nn1. The van der Waals surface area contributed by atoms with Crippen LogP contribution in [0.2, 0.25) is 5.02 Å². The molecule has 1 unspecified atom stereocenters. The van der Waals surface area contributed by atoms with Gasteiger partial charge >= 0.3 is 0 Å². The second kappa shape index (κ2) is 9.14. The summed E-state index contributed by atoms with van der Waals surface area (Å²) in [5.41, 5.74) is 1.01. The maximum absolute atomic E-state index is 12.2. The van der Waals surface area contributed by atoms with E-state index < -0.39 is 0 Å². The molecule has 0 aliphatic carbocycles. The minimum absolute atomic E-state index is 0.199. The van der Waals surface area contributed by atoms with Crippen molar-refractivity contribution < 1.29 is 4.79 Å². The molecule has 0 spiro atoms. The first kappa shape index (κ1) is 18.9. The molecular formula is C19H26ClN5O. The molecule has 1 aromatic heterocycles. The van der Waals surface area contributed by atoms with E-state index in [0.717, 1.165) is 19.4 Å². The summed E-state index contributed by atoms with van der Waals surface area (Å²) in [5.74, 6) is -0.199. The van der Waals surface area contributed by atoms with Crippen LogP contribution in [0.15, 0.2) is 30.5 Å². The number of amides is 1. The smallest absolute Gasteiger partial charge is 0.273 e. The fraction of sp³-hybridized carbons (Fsp3) is 0.526. The van der Waals surface area contributed by atoms with Crippen LogP contribution in [0.25, 0.3) is 5.69 Å². The van der Waals surface area contributed by atoms with Gasteiger partial charge in [-0.15, -0.1) is 5.10 Å². The summed E-state index contributed by atoms with van der Waals surface area (Å²) in [6.07, 6.45) is 7.62. The van der Waals surface area contributed by atoms with Gasteiger partial charge in [-0.3, -0.25) is 4.79 Å². The number of aromatic nitrogens is 3. The molecule has 1 amide bonds. The van der Waals surface area contributed by atoms with E-state index in [1.165, 1.54) is 30.5 Å². The van der Waals surface area contributed by atoms with Gasteiger partial charge in [0, 0.05) is 12.6 Å². The highest BCUT2D eigenvalue weighted by molar-refractivity contribution is 6.32. The molecule has 1 aliphatic rings. The molecule has 1 atom stereocenters. The number of nitrogens with one attached hydrogen (secondary N) is 1. The van der Waals surface area contributed by atoms with Crippen LogP contribution in [0.3, 0.4) is 0 Å². The third-order valence-electron chi connectivity index (χ3n) is 4.92. The van der Waals surface area contributed by atoms with Gasteiger partial charge in [0.25, 0.3) is 5.91 Å². The van der Waals surface area contributed by atoms with E-state index in [2.05, 4.69) is 27.5 Å². The first-order valence-electron chi connectivity index (χ1n) is 9.34. The van der Waals surface area contributed by atoms with E-state index in [9.17, 15) is 4.79 Å². The largest absolute Gasteiger partial charge is 0.351 e. The van der Waals surface area contributed by atoms with E-state index in [0.29, 0.717) is 29.0 Å². The van der Waals surface area contributed by atoms with Crippen LogP contribution in [0.5, 0.6) is 0 Å². The average molecular weight is 376 g/mol. The topological polar surface area (TPSA) is 63.1 Å². The highest BCUT2D eigenvalue weighted by Gasteiger charge is 2.17. The quantitative estimate of drug-likeness (QED) is 0.754. The summed E-state index contributed by atoms with van der Waals surface area (Å²) in [6, 6.07) is 8.02. The molecule has 2 heterocycles. The third-order valence-corrected chi connectivity index (χ3v) is 5.24.